The lowest BCUT2D eigenvalue weighted by Crippen LogP contribution is -2.49. The number of nitrogens with zero attached hydrogens (tertiary/aromatic N) is 5. The summed E-state index contributed by atoms with van der Waals surface area (Å²) in [7, 11) is 0. The molecule has 136 valence electrons. The molecule has 0 unspecified atom stereocenters. The average molecular weight is 360 g/mol. The maximum atomic E-state index is 12.5. The van der Waals surface area contributed by atoms with Gasteiger partial charge in [0, 0.05) is 49.8 Å². The van der Waals surface area contributed by atoms with Crippen LogP contribution in [-0.2, 0) is 0 Å². The fourth-order valence-corrected chi connectivity index (χ4v) is 3.05. The number of carbonyl (C=O) groups is 1. The van der Waals surface area contributed by atoms with E-state index in [2.05, 4.69) is 25.4 Å². The molecule has 1 amide bonds. The number of pyridine rings is 1. The fraction of sp³-hybridized carbons (Fsp3) is 0.200. The SMILES string of the molecule is O=C(c1ccccc1)N1CCN(c2ccc(Nc3ccncc3)nn2)CC1. The minimum Gasteiger partial charge on any atom is -0.352 e. The Morgan fingerprint density at radius 2 is 1.59 bits per heavy atom. The maximum Gasteiger partial charge on any atom is 0.253 e. The minimum absolute atomic E-state index is 0.0817. The van der Waals surface area contributed by atoms with Crippen LogP contribution in [-0.4, -0.2) is 52.2 Å². The molecule has 1 aliphatic rings. The van der Waals surface area contributed by atoms with Gasteiger partial charge in [0.2, 0.25) is 0 Å². The Balaban J connectivity index is 1.35. The van der Waals surface area contributed by atoms with E-state index in [1.807, 2.05) is 59.5 Å². The highest BCUT2D eigenvalue weighted by molar-refractivity contribution is 5.94. The van der Waals surface area contributed by atoms with Crippen molar-refractivity contribution in [3.63, 3.8) is 0 Å². The van der Waals surface area contributed by atoms with Gasteiger partial charge in [-0.25, -0.2) is 0 Å². The number of aromatic nitrogens is 3. The van der Waals surface area contributed by atoms with Gasteiger partial charge >= 0.3 is 0 Å². The summed E-state index contributed by atoms with van der Waals surface area (Å²) in [5, 5.41) is 11.8. The summed E-state index contributed by atoms with van der Waals surface area (Å²) in [5.41, 5.74) is 1.65. The van der Waals surface area contributed by atoms with Gasteiger partial charge in [-0.15, -0.1) is 10.2 Å². The van der Waals surface area contributed by atoms with Crippen molar-refractivity contribution in [3.8, 4) is 0 Å². The second-order valence-electron chi connectivity index (χ2n) is 6.28. The van der Waals surface area contributed by atoms with Crippen molar-refractivity contribution in [1.29, 1.82) is 0 Å². The second-order valence-corrected chi connectivity index (χ2v) is 6.28. The molecule has 1 saturated heterocycles. The van der Waals surface area contributed by atoms with Crippen molar-refractivity contribution in [1.82, 2.24) is 20.1 Å². The first-order valence-electron chi connectivity index (χ1n) is 8.90. The molecule has 0 bridgehead atoms. The van der Waals surface area contributed by atoms with Gasteiger partial charge in [0.15, 0.2) is 11.6 Å². The third-order valence-corrected chi connectivity index (χ3v) is 4.51. The van der Waals surface area contributed by atoms with Crippen molar-refractivity contribution in [2.45, 2.75) is 0 Å². The number of amides is 1. The van der Waals surface area contributed by atoms with Gasteiger partial charge in [-0.05, 0) is 36.4 Å². The topological polar surface area (TPSA) is 74.2 Å². The Morgan fingerprint density at radius 3 is 2.26 bits per heavy atom. The monoisotopic (exact) mass is 360 g/mol. The summed E-state index contributed by atoms with van der Waals surface area (Å²) in [6.07, 6.45) is 3.45. The first-order valence-corrected chi connectivity index (χ1v) is 8.90. The van der Waals surface area contributed by atoms with Crippen LogP contribution < -0.4 is 10.2 Å². The zero-order chi connectivity index (χ0) is 18.5. The molecule has 0 radical (unpaired) electrons. The molecular formula is C20H20N6O. The van der Waals surface area contributed by atoms with Crippen LogP contribution in [0.4, 0.5) is 17.3 Å². The lowest BCUT2D eigenvalue weighted by Gasteiger charge is -2.35. The van der Waals surface area contributed by atoms with E-state index in [-0.39, 0.29) is 5.91 Å². The third-order valence-electron chi connectivity index (χ3n) is 4.51. The van der Waals surface area contributed by atoms with E-state index in [1.54, 1.807) is 12.4 Å². The van der Waals surface area contributed by atoms with Gasteiger partial charge in [0.1, 0.15) is 0 Å². The Hall–Kier alpha value is -3.48. The van der Waals surface area contributed by atoms with Crippen molar-refractivity contribution in [2.75, 3.05) is 36.4 Å². The van der Waals surface area contributed by atoms with Crippen LogP contribution >= 0.6 is 0 Å². The van der Waals surface area contributed by atoms with Crippen LogP contribution in [0, 0.1) is 0 Å². The molecule has 3 heterocycles. The van der Waals surface area contributed by atoms with Gasteiger partial charge < -0.3 is 15.1 Å². The smallest absolute Gasteiger partial charge is 0.253 e. The van der Waals surface area contributed by atoms with E-state index in [0.717, 1.165) is 30.2 Å². The van der Waals surface area contributed by atoms with Crippen LogP contribution in [0.15, 0.2) is 67.0 Å². The Labute approximate surface area is 157 Å². The molecule has 7 heteroatoms. The molecule has 27 heavy (non-hydrogen) atoms. The van der Waals surface area contributed by atoms with Crippen LogP contribution in [0.2, 0.25) is 0 Å². The lowest BCUT2D eigenvalue weighted by atomic mass is 10.2. The molecule has 0 atom stereocenters. The fourth-order valence-electron chi connectivity index (χ4n) is 3.05. The molecule has 1 N–H and O–H groups in total. The van der Waals surface area contributed by atoms with E-state index < -0.39 is 0 Å². The van der Waals surface area contributed by atoms with Gasteiger partial charge in [0.25, 0.3) is 5.91 Å². The third kappa shape index (κ3) is 4.03. The molecule has 0 saturated carbocycles. The highest BCUT2D eigenvalue weighted by Gasteiger charge is 2.22. The predicted octanol–water partition coefficient (Wildman–Crippen LogP) is 2.58. The number of anilines is 3. The van der Waals surface area contributed by atoms with Crippen molar-refractivity contribution < 1.29 is 4.79 Å². The molecule has 0 aliphatic carbocycles. The van der Waals surface area contributed by atoms with Gasteiger partial charge in [-0.3, -0.25) is 9.78 Å². The highest BCUT2D eigenvalue weighted by atomic mass is 16.2. The summed E-state index contributed by atoms with van der Waals surface area (Å²) < 4.78 is 0. The Bertz CT molecular complexity index is 877. The molecule has 1 aliphatic heterocycles. The molecule has 1 fully saturated rings. The minimum atomic E-state index is 0.0817. The standard InChI is InChI=1S/C20H20N6O/c27-20(16-4-2-1-3-5-16)26-14-12-25(13-15-26)19-7-6-18(23-24-19)22-17-8-10-21-11-9-17/h1-11H,12-15H2,(H,21,22,23). The molecule has 4 rings (SSSR count). The number of hydrogen-bond donors (Lipinski definition) is 1. The van der Waals surface area contributed by atoms with Crippen molar-refractivity contribution in [3.05, 3.63) is 72.6 Å². The average Bonchev–Trinajstić information content (AvgIpc) is 2.75. The van der Waals surface area contributed by atoms with Crippen LogP contribution in [0.5, 0.6) is 0 Å². The maximum absolute atomic E-state index is 12.5. The number of benzene rings is 1. The normalized spacial score (nSPS) is 14.1. The molecule has 2 aromatic heterocycles. The summed E-state index contributed by atoms with van der Waals surface area (Å²) in [5.74, 6) is 1.59. The summed E-state index contributed by atoms with van der Waals surface area (Å²) in [6.45, 7) is 2.83. The summed E-state index contributed by atoms with van der Waals surface area (Å²) in [6, 6.07) is 17.0. The lowest BCUT2D eigenvalue weighted by molar-refractivity contribution is 0.0746. The van der Waals surface area contributed by atoms with Crippen molar-refractivity contribution in [2.24, 2.45) is 0 Å². The van der Waals surface area contributed by atoms with E-state index in [9.17, 15) is 4.79 Å². The molecule has 7 nitrogen and oxygen atoms in total. The van der Waals surface area contributed by atoms with Crippen molar-refractivity contribution >= 4 is 23.2 Å². The zero-order valence-corrected chi connectivity index (χ0v) is 14.8. The molecular weight excluding hydrogens is 340 g/mol. The quantitative estimate of drug-likeness (QED) is 0.771. The second kappa shape index (κ2) is 7.82. The summed E-state index contributed by atoms with van der Waals surface area (Å²) >= 11 is 0. The number of carbonyl (C=O) groups excluding carboxylic acids is 1. The van der Waals surface area contributed by atoms with E-state index in [4.69, 9.17) is 0 Å². The van der Waals surface area contributed by atoms with E-state index >= 15 is 0 Å². The van der Waals surface area contributed by atoms with Gasteiger partial charge in [0.05, 0.1) is 0 Å². The predicted molar refractivity (Wildman–Crippen MR) is 104 cm³/mol. The highest BCUT2D eigenvalue weighted by Crippen LogP contribution is 2.17. The number of hydrogen-bond acceptors (Lipinski definition) is 6. The van der Waals surface area contributed by atoms with E-state index in [1.165, 1.54) is 0 Å². The van der Waals surface area contributed by atoms with Crippen LogP contribution in [0.3, 0.4) is 0 Å². The van der Waals surface area contributed by atoms with Gasteiger partial charge in [-0.2, -0.15) is 0 Å². The number of piperazine rings is 1. The van der Waals surface area contributed by atoms with E-state index in [0.29, 0.717) is 18.9 Å². The number of nitrogens with one attached hydrogen (secondary N) is 1. The van der Waals surface area contributed by atoms with Gasteiger partial charge in [-0.1, -0.05) is 18.2 Å². The Morgan fingerprint density at radius 1 is 0.852 bits per heavy atom. The molecule has 0 spiro atoms. The Kier molecular flexibility index (Phi) is 4.91. The van der Waals surface area contributed by atoms with Crippen LogP contribution in [0.25, 0.3) is 0 Å². The first kappa shape index (κ1) is 17.0. The number of rotatable bonds is 4. The molecule has 1 aromatic carbocycles. The largest absolute Gasteiger partial charge is 0.352 e. The molecule has 3 aromatic rings. The van der Waals surface area contributed by atoms with Crippen LogP contribution in [0.1, 0.15) is 10.4 Å². The summed E-state index contributed by atoms with van der Waals surface area (Å²) in [4.78, 5) is 20.6. The zero-order valence-electron chi connectivity index (χ0n) is 14.8. The first-order chi connectivity index (χ1) is 13.3.